The molecular weight excluding hydrogens is 342 g/mol. The quantitative estimate of drug-likeness (QED) is 0.826. The van der Waals surface area contributed by atoms with Crippen molar-refractivity contribution in [1.82, 2.24) is 0 Å². The summed E-state index contributed by atoms with van der Waals surface area (Å²) in [6, 6.07) is 14.1. The zero-order chi connectivity index (χ0) is 14.5. The van der Waals surface area contributed by atoms with E-state index in [1.807, 2.05) is 36.4 Å². The van der Waals surface area contributed by atoms with Crippen molar-refractivity contribution in [2.45, 2.75) is 6.04 Å². The van der Waals surface area contributed by atoms with Crippen molar-refractivity contribution < 1.29 is 9.53 Å². The number of hydrogen-bond donors (Lipinski definition) is 1. The van der Waals surface area contributed by atoms with Gasteiger partial charge in [0.05, 0.1) is 7.11 Å². The minimum atomic E-state index is -0.603. The first-order valence-electron chi connectivity index (χ1n) is 5.96. The predicted octanol–water partition coefficient (Wildman–Crippen LogP) is 4.43. The molecule has 0 heterocycles. The van der Waals surface area contributed by atoms with Crippen LogP contribution in [0.3, 0.4) is 0 Å². The maximum atomic E-state index is 12.0. The summed E-state index contributed by atoms with van der Waals surface area (Å²) in [6.07, 6.45) is 0. The fraction of sp³-hybridized carbons (Fsp3) is 0.133. The molecule has 20 heavy (non-hydrogen) atoms. The molecule has 0 saturated heterocycles. The summed E-state index contributed by atoms with van der Waals surface area (Å²) < 4.78 is 5.71. The molecule has 0 amide bonds. The van der Waals surface area contributed by atoms with Crippen LogP contribution in [0.4, 0.5) is 5.69 Å². The lowest BCUT2D eigenvalue weighted by atomic mass is 10.1. The zero-order valence-electron chi connectivity index (χ0n) is 10.8. The van der Waals surface area contributed by atoms with E-state index in [0.717, 1.165) is 15.7 Å². The highest BCUT2D eigenvalue weighted by Gasteiger charge is 2.23. The highest BCUT2D eigenvalue weighted by Crippen LogP contribution is 2.28. The third-order valence-corrected chi connectivity index (χ3v) is 3.75. The van der Waals surface area contributed by atoms with Crippen molar-refractivity contribution in [3.8, 4) is 0 Å². The average molecular weight is 355 g/mol. The second-order valence-electron chi connectivity index (χ2n) is 4.13. The second kappa shape index (κ2) is 6.77. The van der Waals surface area contributed by atoms with E-state index in [9.17, 15) is 4.79 Å². The maximum Gasteiger partial charge on any atom is 0.333 e. The molecule has 2 aromatic carbocycles. The minimum absolute atomic E-state index is 0.364. The normalized spacial score (nSPS) is 11.8. The van der Waals surface area contributed by atoms with Gasteiger partial charge in [-0.1, -0.05) is 51.8 Å². The number of nitrogens with one attached hydrogen (secondary N) is 1. The molecule has 3 nitrogen and oxygen atoms in total. The monoisotopic (exact) mass is 353 g/mol. The van der Waals surface area contributed by atoms with E-state index in [1.165, 1.54) is 7.11 Å². The van der Waals surface area contributed by atoms with Gasteiger partial charge in [0.2, 0.25) is 0 Å². The second-order valence-corrected chi connectivity index (χ2v) is 5.42. The molecule has 0 radical (unpaired) electrons. The topological polar surface area (TPSA) is 38.3 Å². The number of ether oxygens (including phenoxy) is 1. The minimum Gasteiger partial charge on any atom is -0.467 e. The van der Waals surface area contributed by atoms with Gasteiger partial charge in [-0.3, -0.25) is 0 Å². The van der Waals surface area contributed by atoms with E-state index >= 15 is 0 Å². The fourth-order valence-corrected chi connectivity index (χ4v) is 2.54. The number of halogens is 2. The Labute approximate surface area is 131 Å². The molecular formula is C15H13BrClNO2. The average Bonchev–Trinajstić information content (AvgIpc) is 2.45. The van der Waals surface area contributed by atoms with Crippen molar-refractivity contribution in [3.63, 3.8) is 0 Å². The summed E-state index contributed by atoms with van der Waals surface area (Å²) >= 11 is 9.40. The van der Waals surface area contributed by atoms with Gasteiger partial charge >= 0.3 is 5.97 Å². The first-order chi connectivity index (χ1) is 9.61. The van der Waals surface area contributed by atoms with Crippen LogP contribution in [-0.4, -0.2) is 13.1 Å². The van der Waals surface area contributed by atoms with Crippen molar-refractivity contribution in [1.29, 1.82) is 0 Å². The molecule has 5 heteroatoms. The lowest BCUT2D eigenvalue weighted by Gasteiger charge is -2.19. The van der Waals surface area contributed by atoms with E-state index in [4.69, 9.17) is 16.3 Å². The molecule has 1 unspecified atom stereocenters. The lowest BCUT2D eigenvalue weighted by molar-refractivity contribution is -0.141. The van der Waals surface area contributed by atoms with Crippen LogP contribution in [0.15, 0.2) is 53.0 Å². The zero-order valence-corrected chi connectivity index (χ0v) is 13.1. The molecule has 1 N–H and O–H groups in total. The number of anilines is 1. The smallest absolute Gasteiger partial charge is 0.333 e. The maximum absolute atomic E-state index is 12.0. The highest BCUT2D eigenvalue weighted by molar-refractivity contribution is 9.10. The molecule has 0 aromatic heterocycles. The van der Waals surface area contributed by atoms with Crippen LogP contribution in [0.1, 0.15) is 11.6 Å². The van der Waals surface area contributed by atoms with Crippen LogP contribution < -0.4 is 5.32 Å². The summed E-state index contributed by atoms with van der Waals surface area (Å²) in [5, 5.41) is 3.74. The number of rotatable bonds is 4. The van der Waals surface area contributed by atoms with Gasteiger partial charge in [-0.2, -0.15) is 0 Å². The molecule has 0 bridgehead atoms. The first kappa shape index (κ1) is 14.9. The van der Waals surface area contributed by atoms with Gasteiger partial charge in [0.15, 0.2) is 6.04 Å². The Hall–Kier alpha value is -1.52. The Morgan fingerprint density at radius 2 is 2.00 bits per heavy atom. The number of carbonyl (C=O) groups is 1. The molecule has 104 valence electrons. The SMILES string of the molecule is COC(=O)C(Nc1cccc(Cl)c1)c1ccccc1Br. The van der Waals surface area contributed by atoms with E-state index in [2.05, 4.69) is 21.2 Å². The molecule has 0 fully saturated rings. The summed E-state index contributed by atoms with van der Waals surface area (Å²) in [7, 11) is 1.37. The Kier molecular flexibility index (Phi) is 5.04. The Balaban J connectivity index is 2.34. The fourth-order valence-electron chi connectivity index (χ4n) is 1.84. The Morgan fingerprint density at radius 3 is 2.65 bits per heavy atom. The number of hydrogen-bond acceptors (Lipinski definition) is 3. The van der Waals surface area contributed by atoms with Crippen LogP contribution in [0, 0.1) is 0 Å². The van der Waals surface area contributed by atoms with Crippen molar-refractivity contribution in [3.05, 3.63) is 63.6 Å². The van der Waals surface area contributed by atoms with Crippen LogP contribution in [0.2, 0.25) is 5.02 Å². The molecule has 0 aliphatic carbocycles. The third-order valence-electron chi connectivity index (χ3n) is 2.79. The third kappa shape index (κ3) is 3.52. The van der Waals surface area contributed by atoms with Gasteiger partial charge in [0.25, 0.3) is 0 Å². The summed E-state index contributed by atoms with van der Waals surface area (Å²) in [6.45, 7) is 0. The first-order valence-corrected chi connectivity index (χ1v) is 7.13. The van der Waals surface area contributed by atoms with Gasteiger partial charge in [-0.25, -0.2) is 4.79 Å². The Bertz CT molecular complexity index is 618. The van der Waals surface area contributed by atoms with Crippen LogP contribution >= 0.6 is 27.5 Å². The summed E-state index contributed by atoms with van der Waals surface area (Å²) in [4.78, 5) is 12.0. The lowest BCUT2D eigenvalue weighted by Crippen LogP contribution is -2.22. The van der Waals surface area contributed by atoms with E-state index in [0.29, 0.717) is 5.02 Å². The molecule has 2 aromatic rings. The summed E-state index contributed by atoms with van der Waals surface area (Å²) in [5.74, 6) is -0.364. The van der Waals surface area contributed by atoms with Gasteiger partial charge in [0.1, 0.15) is 0 Å². The van der Waals surface area contributed by atoms with E-state index in [1.54, 1.807) is 12.1 Å². The standard InChI is InChI=1S/C15H13BrClNO2/c1-20-15(19)14(12-7-2-3-8-13(12)16)18-11-6-4-5-10(17)9-11/h2-9,14,18H,1H3. The highest BCUT2D eigenvalue weighted by atomic mass is 79.9. The molecule has 0 aliphatic heterocycles. The van der Waals surface area contributed by atoms with Crippen LogP contribution in [-0.2, 0) is 9.53 Å². The van der Waals surface area contributed by atoms with Crippen molar-refractivity contribution in [2.24, 2.45) is 0 Å². The van der Waals surface area contributed by atoms with Crippen molar-refractivity contribution >= 4 is 39.2 Å². The van der Waals surface area contributed by atoms with Gasteiger partial charge in [-0.05, 0) is 29.8 Å². The summed E-state index contributed by atoms with van der Waals surface area (Å²) in [5.41, 5.74) is 1.56. The molecule has 0 saturated carbocycles. The number of carbonyl (C=O) groups excluding carboxylic acids is 1. The molecule has 2 rings (SSSR count). The van der Waals surface area contributed by atoms with Gasteiger partial charge in [-0.15, -0.1) is 0 Å². The predicted molar refractivity (Wildman–Crippen MR) is 84.0 cm³/mol. The Morgan fingerprint density at radius 1 is 1.25 bits per heavy atom. The van der Waals surface area contributed by atoms with E-state index < -0.39 is 6.04 Å². The molecule has 1 atom stereocenters. The van der Waals surface area contributed by atoms with E-state index in [-0.39, 0.29) is 5.97 Å². The van der Waals surface area contributed by atoms with Crippen LogP contribution in [0.25, 0.3) is 0 Å². The number of esters is 1. The van der Waals surface area contributed by atoms with Crippen LogP contribution in [0.5, 0.6) is 0 Å². The largest absolute Gasteiger partial charge is 0.467 e. The molecule has 0 aliphatic rings. The number of benzene rings is 2. The number of methoxy groups -OCH3 is 1. The van der Waals surface area contributed by atoms with Gasteiger partial charge in [0, 0.05) is 15.2 Å². The molecule has 0 spiro atoms. The van der Waals surface area contributed by atoms with Gasteiger partial charge < -0.3 is 10.1 Å². The van der Waals surface area contributed by atoms with Crippen molar-refractivity contribution in [2.75, 3.05) is 12.4 Å².